The van der Waals surface area contributed by atoms with Crippen LogP contribution in [0, 0.1) is 5.41 Å². The second-order valence-electron chi connectivity index (χ2n) is 4.74. The third-order valence-corrected chi connectivity index (χ3v) is 3.15. The van der Waals surface area contributed by atoms with Crippen molar-refractivity contribution in [1.29, 1.82) is 0 Å². The van der Waals surface area contributed by atoms with Crippen molar-refractivity contribution < 1.29 is 41.0 Å². The lowest BCUT2D eigenvalue weighted by Crippen LogP contribution is -2.48. The molecule has 1 saturated heterocycles. The minimum atomic E-state index is -5.00. The molecule has 122 valence electrons. The number of nitrogens with one attached hydrogen (secondary N) is 1. The Balaban J connectivity index is 2.62. The van der Waals surface area contributed by atoms with Gasteiger partial charge in [0.05, 0.1) is 6.54 Å². The fourth-order valence-electron chi connectivity index (χ4n) is 2.01. The molecule has 11 heteroatoms. The van der Waals surface area contributed by atoms with Crippen LogP contribution >= 0.6 is 0 Å². The highest BCUT2D eigenvalue weighted by Crippen LogP contribution is 2.45. The summed E-state index contributed by atoms with van der Waals surface area (Å²) in [6.07, 6.45) is -10.4. The van der Waals surface area contributed by atoms with Crippen LogP contribution in [0.25, 0.3) is 0 Å². The first-order chi connectivity index (χ1) is 9.37. The number of carbonyl (C=O) groups is 2. The monoisotopic (exact) mass is 322 g/mol. The van der Waals surface area contributed by atoms with E-state index < -0.39 is 55.7 Å². The van der Waals surface area contributed by atoms with E-state index in [9.17, 15) is 35.9 Å². The summed E-state index contributed by atoms with van der Waals surface area (Å²) < 4.78 is 74.1. The first kappa shape index (κ1) is 17.5. The third-order valence-electron chi connectivity index (χ3n) is 3.15. The molecule has 2 N–H and O–H groups in total. The van der Waals surface area contributed by atoms with Crippen LogP contribution in [0.3, 0.4) is 0 Å². The van der Waals surface area contributed by atoms with Crippen LogP contribution in [0.1, 0.15) is 6.42 Å². The maximum Gasteiger partial charge on any atom is 0.406 e. The number of aliphatic carboxylic acids is 1. The van der Waals surface area contributed by atoms with E-state index in [1.807, 2.05) is 0 Å². The number of hydrogen-bond acceptors (Lipinski definition) is 3. The number of rotatable bonds is 4. The topological polar surface area (TPSA) is 69.6 Å². The predicted molar refractivity (Wildman–Crippen MR) is 56.2 cm³/mol. The van der Waals surface area contributed by atoms with E-state index in [4.69, 9.17) is 5.11 Å². The highest BCUT2D eigenvalue weighted by molar-refractivity contribution is 5.79. The number of carboxylic acids is 1. The third kappa shape index (κ3) is 4.22. The smallest absolute Gasteiger partial charge is 0.406 e. The predicted octanol–water partition coefficient (Wildman–Crippen LogP) is 1.00. The lowest BCUT2D eigenvalue weighted by atomic mass is 9.86. The molecule has 0 aliphatic carbocycles. The standard InChI is InChI=1S/C10H12F6N2O3/c11-9(12,13)4-17-6(19)3-18-2-1-8(5-18,7(20)21)10(14,15)16/h1-5H2,(H,17,19)(H,20,21). The van der Waals surface area contributed by atoms with Gasteiger partial charge in [-0.15, -0.1) is 0 Å². The Morgan fingerprint density at radius 2 is 1.76 bits per heavy atom. The van der Waals surface area contributed by atoms with Gasteiger partial charge in [-0.25, -0.2) is 0 Å². The Labute approximate surface area is 114 Å². The highest BCUT2D eigenvalue weighted by atomic mass is 19.4. The molecule has 1 heterocycles. The minimum Gasteiger partial charge on any atom is -0.481 e. The molecule has 0 aromatic carbocycles. The second-order valence-corrected chi connectivity index (χ2v) is 4.74. The molecular weight excluding hydrogens is 310 g/mol. The summed E-state index contributed by atoms with van der Waals surface area (Å²) in [6, 6.07) is 0. The van der Waals surface area contributed by atoms with Crippen LogP contribution in [0.2, 0.25) is 0 Å². The van der Waals surface area contributed by atoms with E-state index in [-0.39, 0.29) is 6.54 Å². The van der Waals surface area contributed by atoms with Crippen LogP contribution in [-0.2, 0) is 9.59 Å². The molecule has 1 fully saturated rings. The maximum atomic E-state index is 12.8. The van der Waals surface area contributed by atoms with E-state index in [0.717, 1.165) is 4.90 Å². The number of alkyl halides is 6. The van der Waals surface area contributed by atoms with Crippen molar-refractivity contribution in [3.05, 3.63) is 0 Å². The molecule has 0 aromatic rings. The second kappa shape index (κ2) is 5.70. The maximum absolute atomic E-state index is 12.8. The van der Waals surface area contributed by atoms with Crippen molar-refractivity contribution in [2.24, 2.45) is 5.41 Å². The van der Waals surface area contributed by atoms with Gasteiger partial charge in [-0.3, -0.25) is 14.5 Å². The first-order valence-electron chi connectivity index (χ1n) is 5.73. The Kier molecular flexibility index (Phi) is 4.76. The largest absolute Gasteiger partial charge is 0.481 e. The molecule has 1 rings (SSSR count). The Bertz CT molecular complexity index is 422. The SMILES string of the molecule is O=C(CN1CCC(C(=O)O)(C(F)(F)F)C1)NCC(F)(F)F. The molecule has 1 aliphatic rings. The van der Waals surface area contributed by atoms with Crippen LogP contribution in [0.5, 0.6) is 0 Å². The van der Waals surface area contributed by atoms with Crippen molar-refractivity contribution in [2.45, 2.75) is 18.8 Å². The summed E-state index contributed by atoms with van der Waals surface area (Å²) in [6.45, 7) is -3.62. The van der Waals surface area contributed by atoms with Crippen LogP contribution in [-0.4, -0.2) is 60.4 Å². The van der Waals surface area contributed by atoms with E-state index in [1.165, 1.54) is 5.32 Å². The fourth-order valence-corrected chi connectivity index (χ4v) is 2.01. The Hall–Kier alpha value is -1.52. The summed E-state index contributed by atoms with van der Waals surface area (Å²) in [4.78, 5) is 22.9. The lowest BCUT2D eigenvalue weighted by molar-refractivity contribution is -0.227. The van der Waals surface area contributed by atoms with Crippen LogP contribution < -0.4 is 5.32 Å². The zero-order chi connectivity index (χ0) is 16.5. The first-order valence-corrected chi connectivity index (χ1v) is 5.73. The van der Waals surface area contributed by atoms with Crippen molar-refractivity contribution in [2.75, 3.05) is 26.2 Å². The average molecular weight is 322 g/mol. The van der Waals surface area contributed by atoms with Crippen molar-refractivity contribution in [1.82, 2.24) is 10.2 Å². The number of carbonyl (C=O) groups excluding carboxylic acids is 1. The summed E-state index contributed by atoms with van der Waals surface area (Å²) in [5.74, 6) is -3.18. The van der Waals surface area contributed by atoms with Gasteiger partial charge in [-0.2, -0.15) is 26.3 Å². The summed E-state index contributed by atoms with van der Waals surface area (Å²) in [5.41, 5.74) is -2.99. The zero-order valence-corrected chi connectivity index (χ0v) is 10.5. The van der Waals surface area contributed by atoms with Gasteiger partial charge in [0.1, 0.15) is 6.54 Å². The van der Waals surface area contributed by atoms with Gasteiger partial charge in [0.25, 0.3) is 0 Å². The van der Waals surface area contributed by atoms with Crippen molar-refractivity contribution >= 4 is 11.9 Å². The Morgan fingerprint density at radius 3 is 2.14 bits per heavy atom. The molecule has 1 amide bonds. The van der Waals surface area contributed by atoms with Gasteiger partial charge in [0.15, 0.2) is 5.41 Å². The van der Waals surface area contributed by atoms with Gasteiger partial charge >= 0.3 is 18.3 Å². The lowest BCUT2D eigenvalue weighted by Gasteiger charge is -2.27. The summed E-state index contributed by atoms with van der Waals surface area (Å²) in [5, 5.41) is 10.3. The van der Waals surface area contributed by atoms with E-state index >= 15 is 0 Å². The molecule has 0 spiro atoms. The molecule has 0 bridgehead atoms. The number of halogens is 6. The summed E-state index contributed by atoms with van der Waals surface area (Å²) in [7, 11) is 0. The number of nitrogens with zero attached hydrogens (tertiary/aromatic N) is 1. The molecule has 21 heavy (non-hydrogen) atoms. The number of likely N-dealkylation sites (tertiary alicyclic amines) is 1. The molecule has 5 nitrogen and oxygen atoms in total. The van der Waals surface area contributed by atoms with Gasteiger partial charge in [0.2, 0.25) is 5.91 Å². The Morgan fingerprint density at radius 1 is 1.19 bits per heavy atom. The zero-order valence-electron chi connectivity index (χ0n) is 10.5. The summed E-state index contributed by atoms with van der Waals surface area (Å²) >= 11 is 0. The van der Waals surface area contributed by atoms with Crippen molar-refractivity contribution in [3.8, 4) is 0 Å². The van der Waals surface area contributed by atoms with Gasteiger partial charge < -0.3 is 10.4 Å². The normalized spacial score (nSPS) is 24.1. The van der Waals surface area contributed by atoms with Gasteiger partial charge in [0, 0.05) is 13.1 Å². The van der Waals surface area contributed by atoms with E-state index in [0.29, 0.717) is 0 Å². The molecule has 1 aliphatic heterocycles. The molecule has 0 saturated carbocycles. The fraction of sp³-hybridized carbons (Fsp3) is 0.800. The number of carboxylic acid groups (broad SMARTS) is 1. The highest BCUT2D eigenvalue weighted by Gasteiger charge is 2.63. The molecule has 0 aromatic heterocycles. The minimum absolute atomic E-state index is 0.342. The van der Waals surface area contributed by atoms with Gasteiger partial charge in [-0.05, 0) is 6.42 Å². The molecular formula is C10H12F6N2O3. The number of hydrogen-bond donors (Lipinski definition) is 2. The quantitative estimate of drug-likeness (QED) is 0.758. The van der Waals surface area contributed by atoms with Gasteiger partial charge in [-0.1, -0.05) is 0 Å². The number of amides is 1. The molecule has 1 unspecified atom stereocenters. The van der Waals surface area contributed by atoms with Crippen LogP contribution in [0.4, 0.5) is 26.3 Å². The molecule has 1 atom stereocenters. The average Bonchev–Trinajstić information content (AvgIpc) is 2.70. The van der Waals surface area contributed by atoms with Crippen molar-refractivity contribution in [3.63, 3.8) is 0 Å². The van der Waals surface area contributed by atoms with Crippen LogP contribution in [0.15, 0.2) is 0 Å². The van der Waals surface area contributed by atoms with E-state index in [2.05, 4.69) is 0 Å². The van der Waals surface area contributed by atoms with E-state index in [1.54, 1.807) is 0 Å². The molecule has 0 radical (unpaired) electrons.